The van der Waals surface area contributed by atoms with Gasteiger partial charge in [0.15, 0.2) is 0 Å². The summed E-state index contributed by atoms with van der Waals surface area (Å²) in [5.41, 5.74) is 2.17. The number of para-hydroxylation sites is 2. The molecule has 0 radical (unpaired) electrons. The first kappa shape index (κ1) is 19.9. The van der Waals surface area contributed by atoms with E-state index in [0.717, 1.165) is 21.5 Å². The zero-order valence-corrected chi connectivity index (χ0v) is 16.7. The molecule has 1 heterocycles. The molecule has 0 unspecified atom stereocenters. The number of hydrogen-bond acceptors (Lipinski definition) is 5. The fraction of sp³-hybridized carbons (Fsp3) is 0.0417. The molecule has 0 aliphatic rings. The van der Waals surface area contributed by atoms with Crippen molar-refractivity contribution in [2.75, 3.05) is 5.32 Å². The van der Waals surface area contributed by atoms with E-state index in [9.17, 15) is 14.7 Å². The van der Waals surface area contributed by atoms with Gasteiger partial charge in [-0.3, -0.25) is 14.8 Å². The molecule has 0 spiro atoms. The third-order valence-electron chi connectivity index (χ3n) is 4.75. The molecule has 0 saturated heterocycles. The molecule has 3 aromatic carbocycles. The quantitative estimate of drug-likeness (QED) is 0.431. The van der Waals surface area contributed by atoms with E-state index in [1.807, 2.05) is 61.5 Å². The van der Waals surface area contributed by atoms with E-state index >= 15 is 0 Å². The molecule has 0 fully saturated rings. The highest BCUT2D eigenvalue weighted by atomic mass is 16.3. The number of aromatic hydroxyl groups is 1. The molecular formula is C24H20N4O3. The lowest BCUT2D eigenvalue weighted by Crippen LogP contribution is -2.31. The topological polar surface area (TPSA) is 99.5 Å². The summed E-state index contributed by atoms with van der Waals surface area (Å²) in [4.78, 5) is 31.1. The number of anilines is 2. The van der Waals surface area contributed by atoms with Crippen molar-refractivity contribution >= 4 is 23.3 Å². The first-order chi connectivity index (χ1) is 15.0. The Bertz CT molecular complexity index is 1350. The highest BCUT2D eigenvalue weighted by Gasteiger charge is 2.15. The molecule has 7 heteroatoms. The standard InChI is InChI=1S/C24H20N4O3/c1-16-7-5-6-10-21(16)28-23(30)20(22(29)27-24(28)31)15-25-17-11-13-19(14-12-17)26-18-8-3-2-4-9-18/h2-15,26,30H,1H3,(H,27,29,31). The molecule has 7 nitrogen and oxygen atoms in total. The second-order valence-corrected chi connectivity index (χ2v) is 6.91. The average molecular weight is 412 g/mol. The third kappa shape index (κ3) is 4.30. The molecular weight excluding hydrogens is 392 g/mol. The van der Waals surface area contributed by atoms with Crippen molar-refractivity contribution in [2.45, 2.75) is 6.92 Å². The maximum atomic E-state index is 12.3. The molecule has 0 bridgehead atoms. The van der Waals surface area contributed by atoms with Crippen molar-refractivity contribution in [2.24, 2.45) is 4.99 Å². The summed E-state index contributed by atoms with van der Waals surface area (Å²) >= 11 is 0. The molecule has 4 aromatic rings. The fourth-order valence-corrected chi connectivity index (χ4v) is 3.15. The van der Waals surface area contributed by atoms with Crippen molar-refractivity contribution in [3.05, 3.63) is 111 Å². The van der Waals surface area contributed by atoms with E-state index in [1.54, 1.807) is 24.3 Å². The van der Waals surface area contributed by atoms with E-state index in [4.69, 9.17) is 0 Å². The number of aryl methyl sites for hydroxylation is 1. The van der Waals surface area contributed by atoms with Crippen LogP contribution in [0, 0.1) is 6.92 Å². The van der Waals surface area contributed by atoms with Crippen LogP contribution in [-0.2, 0) is 0 Å². The Morgan fingerprint density at radius 2 is 1.55 bits per heavy atom. The lowest BCUT2D eigenvalue weighted by molar-refractivity contribution is 0.430. The summed E-state index contributed by atoms with van der Waals surface area (Å²) in [6.07, 6.45) is 1.25. The van der Waals surface area contributed by atoms with Crippen molar-refractivity contribution in [3.8, 4) is 11.6 Å². The molecule has 0 aliphatic carbocycles. The number of H-pyrrole nitrogens is 1. The monoisotopic (exact) mass is 412 g/mol. The minimum atomic E-state index is -0.717. The van der Waals surface area contributed by atoms with Crippen LogP contribution in [0.5, 0.6) is 5.88 Å². The van der Waals surface area contributed by atoms with E-state index in [-0.39, 0.29) is 5.56 Å². The minimum Gasteiger partial charge on any atom is -0.493 e. The first-order valence-corrected chi connectivity index (χ1v) is 9.63. The maximum absolute atomic E-state index is 12.3. The Hall–Kier alpha value is -4.39. The Kier molecular flexibility index (Phi) is 5.49. The van der Waals surface area contributed by atoms with Crippen LogP contribution in [0.1, 0.15) is 11.1 Å². The van der Waals surface area contributed by atoms with Gasteiger partial charge >= 0.3 is 5.69 Å². The average Bonchev–Trinajstić information content (AvgIpc) is 2.76. The molecule has 3 N–H and O–H groups in total. The summed E-state index contributed by atoms with van der Waals surface area (Å²) in [5.74, 6) is -0.464. The van der Waals surface area contributed by atoms with Gasteiger partial charge in [-0.25, -0.2) is 9.36 Å². The zero-order chi connectivity index (χ0) is 21.8. The van der Waals surface area contributed by atoms with Gasteiger partial charge in [0.1, 0.15) is 5.56 Å². The molecule has 0 saturated carbocycles. The fourth-order valence-electron chi connectivity index (χ4n) is 3.15. The van der Waals surface area contributed by atoms with E-state index in [1.165, 1.54) is 6.21 Å². The normalized spacial score (nSPS) is 11.0. The Labute approximate surface area is 178 Å². The zero-order valence-electron chi connectivity index (χ0n) is 16.7. The van der Waals surface area contributed by atoms with Gasteiger partial charge in [0.25, 0.3) is 5.56 Å². The number of aliphatic imine (C=N–C) groups is 1. The highest BCUT2D eigenvalue weighted by Crippen LogP contribution is 2.22. The van der Waals surface area contributed by atoms with Crippen LogP contribution in [-0.4, -0.2) is 20.9 Å². The number of nitrogens with one attached hydrogen (secondary N) is 2. The van der Waals surface area contributed by atoms with Crippen LogP contribution in [0.2, 0.25) is 0 Å². The minimum absolute atomic E-state index is 0.102. The van der Waals surface area contributed by atoms with Crippen LogP contribution in [0.15, 0.2) is 93.4 Å². The molecule has 31 heavy (non-hydrogen) atoms. The van der Waals surface area contributed by atoms with Gasteiger partial charge in [-0.2, -0.15) is 0 Å². The predicted octanol–water partition coefficient (Wildman–Crippen LogP) is 4.03. The molecule has 154 valence electrons. The highest BCUT2D eigenvalue weighted by molar-refractivity contribution is 5.84. The molecule has 4 rings (SSSR count). The number of nitrogens with zero attached hydrogens (tertiary/aromatic N) is 2. The summed E-state index contributed by atoms with van der Waals surface area (Å²) in [7, 11) is 0. The smallest absolute Gasteiger partial charge is 0.335 e. The molecule has 0 amide bonds. The second kappa shape index (κ2) is 8.54. The van der Waals surface area contributed by atoms with E-state index in [2.05, 4.69) is 15.3 Å². The summed E-state index contributed by atoms with van der Waals surface area (Å²) < 4.78 is 1.06. The molecule has 1 aromatic heterocycles. The van der Waals surface area contributed by atoms with Crippen LogP contribution >= 0.6 is 0 Å². The second-order valence-electron chi connectivity index (χ2n) is 6.91. The van der Waals surface area contributed by atoms with Gasteiger partial charge in [0, 0.05) is 17.6 Å². The lowest BCUT2D eigenvalue weighted by atomic mass is 10.2. The lowest BCUT2D eigenvalue weighted by Gasteiger charge is -2.11. The Morgan fingerprint density at radius 1 is 0.903 bits per heavy atom. The number of rotatable bonds is 5. The SMILES string of the molecule is Cc1ccccc1-n1c(O)c(C=Nc2ccc(Nc3ccccc3)cc2)c(=O)[nH]c1=O. The summed E-state index contributed by atoms with van der Waals surface area (Å²) in [6, 6.07) is 24.1. The van der Waals surface area contributed by atoms with Crippen LogP contribution in [0.4, 0.5) is 17.1 Å². The van der Waals surface area contributed by atoms with Gasteiger partial charge in [-0.1, -0.05) is 36.4 Å². The van der Waals surface area contributed by atoms with Gasteiger partial charge < -0.3 is 10.4 Å². The van der Waals surface area contributed by atoms with Crippen molar-refractivity contribution < 1.29 is 5.11 Å². The maximum Gasteiger partial charge on any atom is 0.335 e. The predicted molar refractivity (Wildman–Crippen MR) is 122 cm³/mol. The van der Waals surface area contributed by atoms with Gasteiger partial charge in [0.2, 0.25) is 5.88 Å². The van der Waals surface area contributed by atoms with Crippen LogP contribution < -0.4 is 16.6 Å². The third-order valence-corrected chi connectivity index (χ3v) is 4.75. The van der Waals surface area contributed by atoms with E-state index in [0.29, 0.717) is 11.4 Å². The number of hydrogen-bond donors (Lipinski definition) is 3. The number of aromatic nitrogens is 2. The number of benzene rings is 3. The van der Waals surface area contributed by atoms with Crippen LogP contribution in [0.3, 0.4) is 0 Å². The van der Waals surface area contributed by atoms with Crippen LogP contribution in [0.25, 0.3) is 5.69 Å². The van der Waals surface area contributed by atoms with Gasteiger partial charge in [0.05, 0.1) is 11.4 Å². The number of aromatic amines is 1. The largest absolute Gasteiger partial charge is 0.493 e. The summed E-state index contributed by atoms with van der Waals surface area (Å²) in [6.45, 7) is 1.81. The Balaban J connectivity index is 1.63. The molecule has 0 aliphatic heterocycles. The van der Waals surface area contributed by atoms with Crippen molar-refractivity contribution in [3.63, 3.8) is 0 Å². The molecule has 0 atom stereocenters. The summed E-state index contributed by atoms with van der Waals surface area (Å²) in [5, 5.41) is 13.9. The van der Waals surface area contributed by atoms with Crippen molar-refractivity contribution in [1.82, 2.24) is 9.55 Å². The first-order valence-electron chi connectivity index (χ1n) is 9.63. The van der Waals surface area contributed by atoms with Crippen molar-refractivity contribution in [1.29, 1.82) is 0 Å². The Morgan fingerprint density at radius 3 is 2.26 bits per heavy atom. The van der Waals surface area contributed by atoms with Gasteiger partial charge in [-0.15, -0.1) is 0 Å². The van der Waals surface area contributed by atoms with Gasteiger partial charge in [-0.05, 0) is 55.0 Å². The van der Waals surface area contributed by atoms with E-state index < -0.39 is 17.1 Å².